The molecule has 0 aliphatic carbocycles. The van der Waals surface area contributed by atoms with Crippen LogP contribution >= 0.6 is 0 Å². The van der Waals surface area contributed by atoms with Crippen LogP contribution in [0.25, 0.3) is 0 Å². The molecule has 9 nitrogen and oxygen atoms in total. The second-order valence-electron chi connectivity index (χ2n) is 3.57. The van der Waals surface area contributed by atoms with Crippen LogP contribution in [-0.2, 0) is 19.4 Å². The third-order valence-electron chi connectivity index (χ3n) is 2.25. The Balaban J connectivity index is 2.25. The van der Waals surface area contributed by atoms with Gasteiger partial charge in [0.25, 0.3) is 0 Å². The van der Waals surface area contributed by atoms with E-state index in [0.717, 1.165) is 0 Å². The molecule has 1 aliphatic heterocycles. The van der Waals surface area contributed by atoms with Crippen LogP contribution in [-0.4, -0.2) is 67.0 Å². The summed E-state index contributed by atoms with van der Waals surface area (Å²) in [5.74, 6) is -0.766. The zero-order valence-electron chi connectivity index (χ0n) is 8.74. The van der Waals surface area contributed by atoms with Gasteiger partial charge >= 0.3 is 10.4 Å². The van der Waals surface area contributed by atoms with Crippen LogP contribution < -0.4 is 10.6 Å². The van der Waals surface area contributed by atoms with Crippen molar-refractivity contribution in [1.82, 2.24) is 10.6 Å². The molecule has 3 atom stereocenters. The summed E-state index contributed by atoms with van der Waals surface area (Å²) in [6.07, 6.45) is -1.90. The Morgan fingerprint density at radius 1 is 1.47 bits per heavy atom. The van der Waals surface area contributed by atoms with Crippen LogP contribution in [0.3, 0.4) is 0 Å². The van der Waals surface area contributed by atoms with Gasteiger partial charge in [0, 0.05) is 13.1 Å². The van der Waals surface area contributed by atoms with Gasteiger partial charge in [-0.15, -0.1) is 0 Å². The number of rotatable bonds is 5. The van der Waals surface area contributed by atoms with E-state index in [9.17, 15) is 23.4 Å². The minimum Gasteiger partial charge on any atom is -0.389 e. The van der Waals surface area contributed by atoms with Crippen molar-refractivity contribution in [3.8, 4) is 0 Å². The normalized spacial score (nSPS) is 29.2. The van der Waals surface area contributed by atoms with Crippen LogP contribution in [0.2, 0.25) is 0 Å². The van der Waals surface area contributed by atoms with Crippen molar-refractivity contribution in [1.29, 1.82) is 0 Å². The number of hydrogen-bond acceptors (Lipinski definition) is 7. The fraction of sp³-hybridized carbons (Fsp3) is 0.857. The summed E-state index contributed by atoms with van der Waals surface area (Å²) in [6.45, 7) is -0.626. The van der Waals surface area contributed by atoms with E-state index in [4.69, 9.17) is 4.55 Å². The Bertz CT molecular complexity index is 370. The largest absolute Gasteiger partial charge is 0.397 e. The first-order valence-corrected chi connectivity index (χ1v) is 6.14. The number of carbonyl (C=O) groups is 1. The molecule has 1 amide bonds. The fourth-order valence-corrected chi connectivity index (χ4v) is 1.63. The number of aliphatic hydroxyl groups excluding tert-OH is 2. The predicted molar refractivity (Wildman–Crippen MR) is 54.3 cm³/mol. The standard InChI is InChI=1S/C7H14N2O7S/c10-5-2-8-4(7(5)12)1-9-6(11)3-16-17(13,14)15/h4-5,7-8,10,12H,1-3H2,(H,9,11)(H,13,14,15)/t4-,5-,7-/m0/s1. The summed E-state index contributed by atoms with van der Waals surface area (Å²) in [6, 6.07) is -0.514. The second-order valence-corrected chi connectivity index (χ2v) is 4.66. The van der Waals surface area contributed by atoms with Gasteiger partial charge in [-0.25, -0.2) is 4.18 Å². The van der Waals surface area contributed by atoms with Crippen molar-refractivity contribution in [3.63, 3.8) is 0 Å². The topological polar surface area (TPSA) is 145 Å². The highest BCUT2D eigenvalue weighted by atomic mass is 32.3. The zero-order valence-corrected chi connectivity index (χ0v) is 9.55. The van der Waals surface area contributed by atoms with Crippen LogP contribution in [0.4, 0.5) is 0 Å². The number of amides is 1. The van der Waals surface area contributed by atoms with E-state index < -0.39 is 41.2 Å². The molecule has 1 aliphatic rings. The highest BCUT2D eigenvalue weighted by molar-refractivity contribution is 7.80. The van der Waals surface area contributed by atoms with Gasteiger partial charge in [-0.1, -0.05) is 0 Å². The highest BCUT2D eigenvalue weighted by Gasteiger charge is 2.32. The lowest BCUT2D eigenvalue weighted by Gasteiger charge is -2.16. The van der Waals surface area contributed by atoms with E-state index >= 15 is 0 Å². The molecule has 1 fully saturated rings. The summed E-state index contributed by atoms with van der Waals surface area (Å²) in [4.78, 5) is 11.1. The number of β-amino-alcohol motifs (C(OH)–C–C–N with tert-alkyl or cyclic N) is 1. The van der Waals surface area contributed by atoms with E-state index in [2.05, 4.69) is 14.8 Å². The molecule has 1 saturated heterocycles. The van der Waals surface area contributed by atoms with Crippen molar-refractivity contribution >= 4 is 16.3 Å². The van der Waals surface area contributed by atoms with E-state index in [0.29, 0.717) is 0 Å². The first-order chi connectivity index (χ1) is 7.79. The molecule has 0 spiro atoms. The maximum Gasteiger partial charge on any atom is 0.397 e. The maximum atomic E-state index is 11.1. The summed E-state index contributed by atoms with van der Waals surface area (Å²) < 4.78 is 32.4. The van der Waals surface area contributed by atoms with Crippen LogP contribution in [0.1, 0.15) is 0 Å². The molecule has 1 rings (SSSR count). The van der Waals surface area contributed by atoms with Gasteiger partial charge in [-0.2, -0.15) is 8.42 Å². The van der Waals surface area contributed by atoms with Gasteiger partial charge < -0.3 is 20.8 Å². The van der Waals surface area contributed by atoms with E-state index in [-0.39, 0.29) is 13.1 Å². The third kappa shape index (κ3) is 4.93. The average Bonchev–Trinajstić information content (AvgIpc) is 2.53. The smallest absolute Gasteiger partial charge is 0.389 e. The molecule has 10 heteroatoms. The molecule has 0 bridgehead atoms. The van der Waals surface area contributed by atoms with Gasteiger partial charge in [-0.05, 0) is 0 Å². The van der Waals surface area contributed by atoms with Gasteiger partial charge in [-0.3, -0.25) is 9.35 Å². The minimum atomic E-state index is -4.64. The van der Waals surface area contributed by atoms with Crippen molar-refractivity contribution < 1.29 is 32.2 Å². The summed E-state index contributed by atoms with van der Waals surface area (Å²) in [5, 5.41) is 23.6. The number of nitrogens with one attached hydrogen (secondary N) is 2. The van der Waals surface area contributed by atoms with Gasteiger partial charge in [0.05, 0.1) is 18.2 Å². The van der Waals surface area contributed by atoms with E-state index in [1.165, 1.54) is 0 Å². The molecular formula is C7H14N2O7S. The highest BCUT2D eigenvalue weighted by Crippen LogP contribution is 2.06. The summed E-state index contributed by atoms with van der Waals surface area (Å²) >= 11 is 0. The first kappa shape index (κ1) is 14.3. The van der Waals surface area contributed by atoms with Crippen molar-refractivity contribution in [3.05, 3.63) is 0 Å². The molecule has 0 radical (unpaired) electrons. The molecular weight excluding hydrogens is 256 g/mol. The molecule has 0 aromatic carbocycles. The molecule has 17 heavy (non-hydrogen) atoms. The molecule has 5 N–H and O–H groups in total. The Morgan fingerprint density at radius 2 is 2.12 bits per heavy atom. The Labute approximate surface area is 97.7 Å². The Hall–Kier alpha value is -0.780. The summed E-state index contributed by atoms with van der Waals surface area (Å²) in [7, 11) is -4.64. The van der Waals surface area contributed by atoms with Crippen molar-refractivity contribution in [2.24, 2.45) is 0 Å². The van der Waals surface area contributed by atoms with Crippen molar-refractivity contribution in [2.75, 3.05) is 19.7 Å². The molecule has 100 valence electrons. The molecule has 0 aromatic rings. The number of carbonyl (C=O) groups excluding carboxylic acids is 1. The Kier molecular flexibility index (Phi) is 4.80. The maximum absolute atomic E-state index is 11.1. The molecule has 1 heterocycles. The zero-order chi connectivity index (χ0) is 13.1. The van der Waals surface area contributed by atoms with Crippen LogP contribution in [0, 0.1) is 0 Å². The first-order valence-electron chi connectivity index (χ1n) is 4.77. The van der Waals surface area contributed by atoms with E-state index in [1.807, 2.05) is 0 Å². The third-order valence-corrected chi connectivity index (χ3v) is 2.67. The minimum absolute atomic E-state index is 0.00585. The van der Waals surface area contributed by atoms with Crippen LogP contribution in [0.15, 0.2) is 0 Å². The van der Waals surface area contributed by atoms with Crippen LogP contribution in [0.5, 0.6) is 0 Å². The summed E-state index contributed by atoms with van der Waals surface area (Å²) in [5.41, 5.74) is 0. The van der Waals surface area contributed by atoms with Gasteiger partial charge in [0.2, 0.25) is 5.91 Å². The lowest BCUT2D eigenvalue weighted by molar-refractivity contribution is -0.123. The number of aliphatic hydroxyl groups is 2. The van der Waals surface area contributed by atoms with Crippen molar-refractivity contribution in [2.45, 2.75) is 18.2 Å². The second kappa shape index (κ2) is 5.71. The predicted octanol–water partition coefficient (Wildman–Crippen LogP) is -3.38. The monoisotopic (exact) mass is 270 g/mol. The quantitative estimate of drug-likeness (QED) is 0.325. The van der Waals surface area contributed by atoms with Gasteiger partial charge in [0.15, 0.2) is 0 Å². The molecule has 0 aromatic heterocycles. The Morgan fingerprint density at radius 3 is 2.59 bits per heavy atom. The number of hydrogen-bond donors (Lipinski definition) is 5. The van der Waals surface area contributed by atoms with E-state index in [1.54, 1.807) is 0 Å². The lowest BCUT2D eigenvalue weighted by atomic mass is 10.1. The fourth-order valence-electron chi connectivity index (χ4n) is 1.38. The molecule has 0 saturated carbocycles. The van der Waals surface area contributed by atoms with Gasteiger partial charge in [0.1, 0.15) is 6.61 Å². The average molecular weight is 270 g/mol. The SMILES string of the molecule is O=C(COS(=O)(=O)O)NC[C@@H]1NC[C@H](O)[C@H]1O. The lowest BCUT2D eigenvalue weighted by Crippen LogP contribution is -2.44. The molecule has 0 unspecified atom stereocenters.